The first-order valence-electron chi connectivity index (χ1n) is 5.25. The first-order chi connectivity index (χ1) is 8.09. The van der Waals surface area contributed by atoms with Crippen LogP contribution < -0.4 is 5.73 Å². The van der Waals surface area contributed by atoms with Gasteiger partial charge in [0.25, 0.3) is 0 Å². The average molecular weight is 268 g/mol. The molecule has 2 rings (SSSR count). The number of anilines is 1. The number of thioether (sulfide) groups is 1. The van der Waals surface area contributed by atoms with Crippen LogP contribution in [0.5, 0.6) is 0 Å². The lowest BCUT2D eigenvalue weighted by atomic mass is 10.2. The molecule has 0 aliphatic rings. The van der Waals surface area contributed by atoms with E-state index in [0.717, 1.165) is 32.7 Å². The Bertz CT molecular complexity index is 537. The summed E-state index contributed by atoms with van der Waals surface area (Å²) in [5, 5.41) is 6.06. The third-order valence-corrected chi connectivity index (χ3v) is 4.12. The third-order valence-electron chi connectivity index (χ3n) is 2.54. The molecular weight excluding hydrogens is 254 g/mol. The topological polar surface area (TPSA) is 43.8 Å². The van der Waals surface area contributed by atoms with E-state index in [0.29, 0.717) is 0 Å². The van der Waals surface area contributed by atoms with Crippen LogP contribution >= 0.6 is 23.4 Å². The van der Waals surface area contributed by atoms with E-state index in [-0.39, 0.29) is 0 Å². The zero-order chi connectivity index (χ0) is 12.4. The molecule has 0 saturated carbocycles. The predicted molar refractivity (Wildman–Crippen MR) is 73.4 cm³/mol. The van der Waals surface area contributed by atoms with E-state index in [9.17, 15) is 0 Å². The molecule has 2 aromatic rings. The van der Waals surface area contributed by atoms with Gasteiger partial charge in [-0.1, -0.05) is 41.6 Å². The molecule has 2 N–H and O–H groups in total. The van der Waals surface area contributed by atoms with Crippen molar-refractivity contribution < 1.29 is 0 Å². The van der Waals surface area contributed by atoms with E-state index >= 15 is 0 Å². The number of aryl methyl sites for hydroxylation is 2. The van der Waals surface area contributed by atoms with Crippen LogP contribution in [-0.2, 0) is 12.8 Å². The fourth-order valence-electron chi connectivity index (χ4n) is 1.59. The Kier molecular flexibility index (Phi) is 3.64. The van der Waals surface area contributed by atoms with Crippen LogP contribution in [0.4, 0.5) is 5.69 Å². The highest BCUT2D eigenvalue weighted by Gasteiger charge is 2.11. The molecule has 0 aliphatic heterocycles. The number of nitrogen functional groups attached to an aromatic ring is 1. The number of hydrogen-bond acceptors (Lipinski definition) is 3. The van der Waals surface area contributed by atoms with Gasteiger partial charge in [-0.15, -0.1) is 0 Å². The molecule has 90 valence electrons. The van der Waals surface area contributed by atoms with E-state index in [4.69, 9.17) is 17.3 Å². The van der Waals surface area contributed by atoms with Crippen molar-refractivity contribution in [3.05, 3.63) is 40.5 Å². The minimum absolute atomic E-state index is 0.754. The lowest BCUT2D eigenvalue weighted by Crippen LogP contribution is -1.94. The molecule has 0 unspecified atom stereocenters. The molecule has 3 nitrogen and oxygen atoms in total. The molecule has 0 atom stereocenters. The van der Waals surface area contributed by atoms with Crippen LogP contribution in [0.2, 0.25) is 5.02 Å². The van der Waals surface area contributed by atoms with Crippen LogP contribution in [0.15, 0.2) is 29.3 Å². The van der Waals surface area contributed by atoms with Gasteiger partial charge in [-0.2, -0.15) is 5.10 Å². The number of halogens is 1. The average Bonchev–Trinajstić information content (AvgIpc) is 2.53. The fraction of sp³-hybridized carbons (Fsp3) is 0.250. The number of rotatable bonds is 3. The molecule has 0 amide bonds. The van der Waals surface area contributed by atoms with Crippen molar-refractivity contribution in [2.75, 3.05) is 5.73 Å². The molecule has 17 heavy (non-hydrogen) atoms. The molecule has 1 aromatic heterocycles. The molecule has 0 fully saturated rings. The molecule has 1 aromatic carbocycles. The first kappa shape index (κ1) is 12.3. The van der Waals surface area contributed by atoms with Gasteiger partial charge in [-0.05, 0) is 18.6 Å². The first-order valence-corrected chi connectivity index (χ1v) is 6.61. The SMILES string of the molecule is Cc1nn(C)c(SCc2ccccc2Cl)c1N. The van der Waals surface area contributed by atoms with Gasteiger partial charge in [-0.25, -0.2) is 0 Å². The lowest BCUT2D eigenvalue weighted by molar-refractivity contribution is 0.693. The van der Waals surface area contributed by atoms with Crippen LogP contribution in [0.1, 0.15) is 11.3 Å². The zero-order valence-corrected chi connectivity index (χ0v) is 11.3. The van der Waals surface area contributed by atoms with Crippen molar-refractivity contribution in [3.63, 3.8) is 0 Å². The third kappa shape index (κ3) is 2.58. The highest BCUT2D eigenvalue weighted by Crippen LogP contribution is 2.31. The van der Waals surface area contributed by atoms with Crippen molar-refractivity contribution in [3.8, 4) is 0 Å². The van der Waals surface area contributed by atoms with Gasteiger partial charge in [0.05, 0.1) is 11.4 Å². The van der Waals surface area contributed by atoms with Crippen molar-refractivity contribution >= 4 is 29.1 Å². The number of nitrogens with zero attached hydrogens (tertiary/aromatic N) is 2. The van der Waals surface area contributed by atoms with Crippen LogP contribution in [0.25, 0.3) is 0 Å². The smallest absolute Gasteiger partial charge is 0.117 e. The van der Waals surface area contributed by atoms with Crippen molar-refractivity contribution in [2.45, 2.75) is 17.7 Å². The van der Waals surface area contributed by atoms with E-state index in [1.807, 2.05) is 42.9 Å². The Labute approximate surface area is 110 Å². The van der Waals surface area contributed by atoms with Crippen LogP contribution in [0, 0.1) is 6.92 Å². The monoisotopic (exact) mass is 267 g/mol. The summed E-state index contributed by atoms with van der Waals surface area (Å²) in [7, 11) is 1.90. The maximum absolute atomic E-state index is 6.11. The summed E-state index contributed by atoms with van der Waals surface area (Å²) in [6.45, 7) is 1.91. The summed E-state index contributed by atoms with van der Waals surface area (Å²) in [6, 6.07) is 7.84. The van der Waals surface area contributed by atoms with Gasteiger partial charge in [0.1, 0.15) is 5.03 Å². The summed E-state index contributed by atoms with van der Waals surface area (Å²) < 4.78 is 1.81. The number of hydrogen-bond donors (Lipinski definition) is 1. The molecule has 0 saturated heterocycles. The predicted octanol–water partition coefficient (Wildman–Crippen LogP) is 3.26. The molecule has 1 heterocycles. The van der Waals surface area contributed by atoms with Gasteiger partial charge in [-0.3, -0.25) is 4.68 Å². The van der Waals surface area contributed by atoms with Crippen molar-refractivity contribution in [1.82, 2.24) is 9.78 Å². The summed E-state index contributed by atoms with van der Waals surface area (Å²) in [6.07, 6.45) is 0. The maximum Gasteiger partial charge on any atom is 0.117 e. The van der Waals surface area contributed by atoms with E-state index in [1.54, 1.807) is 11.8 Å². The second kappa shape index (κ2) is 5.02. The second-order valence-electron chi connectivity index (χ2n) is 3.81. The number of nitrogens with two attached hydrogens (primary N) is 1. The molecule has 0 spiro atoms. The summed E-state index contributed by atoms with van der Waals surface area (Å²) >= 11 is 7.76. The van der Waals surface area contributed by atoms with E-state index in [1.165, 1.54) is 0 Å². The van der Waals surface area contributed by atoms with E-state index in [2.05, 4.69) is 5.10 Å². The van der Waals surface area contributed by atoms with Crippen LogP contribution in [-0.4, -0.2) is 9.78 Å². The second-order valence-corrected chi connectivity index (χ2v) is 5.18. The maximum atomic E-state index is 6.11. The van der Waals surface area contributed by atoms with Gasteiger partial charge in [0.2, 0.25) is 0 Å². The van der Waals surface area contributed by atoms with Gasteiger partial charge >= 0.3 is 0 Å². The summed E-state index contributed by atoms with van der Waals surface area (Å²) in [5.41, 5.74) is 8.70. The van der Waals surface area contributed by atoms with Gasteiger partial charge in [0.15, 0.2) is 0 Å². The molecule has 5 heteroatoms. The Morgan fingerprint density at radius 3 is 2.71 bits per heavy atom. The quantitative estimate of drug-likeness (QED) is 0.868. The standard InChI is InChI=1S/C12H14ClN3S/c1-8-11(14)12(16(2)15-8)17-7-9-5-3-4-6-10(9)13/h3-6H,7,14H2,1-2H3. The Balaban J connectivity index is 2.15. The Hall–Kier alpha value is -1.13. The minimum Gasteiger partial charge on any atom is -0.395 e. The number of benzene rings is 1. The highest BCUT2D eigenvalue weighted by atomic mass is 35.5. The van der Waals surface area contributed by atoms with Crippen molar-refractivity contribution in [1.29, 1.82) is 0 Å². The molecule has 0 bridgehead atoms. The minimum atomic E-state index is 0.754. The summed E-state index contributed by atoms with van der Waals surface area (Å²) in [5.74, 6) is 0.794. The molecule has 0 radical (unpaired) electrons. The Morgan fingerprint density at radius 2 is 2.12 bits per heavy atom. The lowest BCUT2D eigenvalue weighted by Gasteiger charge is -2.05. The largest absolute Gasteiger partial charge is 0.395 e. The van der Waals surface area contributed by atoms with Crippen LogP contribution in [0.3, 0.4) is 0 Å². The van der Waals surface area contributed by atoms with Crippen molar-refractivity contribution in [2.24, 2.45) is 7.05 Å². The normalized spacial score (nSPS) is 10.8. The Morgan fingerprint density at radius 1 is 1.41 bits per heavy atom. The van der Waals surface area contributed by atoms with Gasteiger partial charge < -0.3 is 5.73 Å². The fourth-order valence-corrected chi connectivity index (χ4v) is 2.94. The zero-order valence-electron chi connectivity index (χ0n) is 9.77. The highest BCUT2D eigenvalue weighted by molar-refractivity contribution is 7.98. The molecular formula is C12H14ClN3S. The van der Waals surface area contributed by atoms with Gasteiger partial charge in [0, 0.05) is 17.8 Å². The van der Waals surface area contributed by atoms with E-state index < -0.39 is 0 Å². The number of aromatic nitrogens is 2. The molecule has 0 aliphatic carbocycles. The summed E-state index contributed by atoms with van der Waals surface area (Å²) in [4.78, 5) is 0.